The Hall–Kier alpha value is -1.62. The van der Waals surface area contributed by atoms with Crippen molar-refractivity contribution in [2.24, 2.45) is 0 Å². The highest BCUT2D eigenvalue weighted by atomic mass is 16.5. The van der Waals surface area contributed by atoms with E-state index in [1.54, 1.807) is 6.20 Å². The van der Waals surface area contributed by atoms with Gasteiger partial charge in [0.2, 0.25) is 0 Å². The Morgan fingerprint density at radius 1 is 1.36 bits per heavy atom. The summed E-state index contributed by atoms with van der Waals surface area (Å²) >= 11 is 0. The van der Waals surface area contributed by atoms with Gasteiger partial charge in [-0.25, -0.2) is 4.98 Å². The van der Waals surface area contributed by atoms with E-state index in [1.807, 2.05) is 24.1 Å². The highest BCUT2D eigenvalue weighted by Gasteiger charge is 2.21. The molecule has 3 rings (SSSR count). The van der Waals surface area contributed by atoms with Crippen LogP contribution in [0.5, 0.6) is 0 Å². The molecule has 2 saturated heterocycles. The molecular weight excluding hydrogens is 278 g/mol. The van der Waals surface area contributed by atoms with Gasteiger partial charge in [-0.2, -0.15) is 0 Å². The number of aromatic nitrogens is 1. The van der Waals surface area contributed by atoms with Crippen LogP contribution in [-0.2, 0) is 4.74 Å². The van der Waals surface area contributed by atoms with Crippen molar-refractivity contribution in [1.82, 2.24) is 9.88 Å². The minimum atomic E-state index is 0.133. The molecule has 0 N–H and O–H groups in total. The van der Waals surface area contributed by atoms with Gasteiger partial charge < -0.3 is 14.5 Å². The molecule has 0 spiro atoms. The van der Waals surface area contributed by atoms with Crippen LogP contribution in [0.25, 0.3) is 0 Å². The molecule has 5 heteroatoms. The number of likely N-dealkylation sites (tertiary alicyclic amines) is 1. The van der Waals surface area contributed by atoms with E-state index < -0.39 is 0 Å². The van der Waals surface area contributed by atoms with Crippen LogP contribution in [0.4, 0.5) is 5.82 Å². The fraction of sp³-hybridized carbons (Fsp3) is 0.647. The van der Waals surface area contributed by atoms with Gasteiger partial charge in [-0.3, -0.25) is 4.79 Å². The molecule has 22 heavy (non-hydrogen) atoms. The van der Waals surface area contributed by atoms with E-state index >= 15 is 0 Å². The molecule has 3 heterocycles. The predicted octanol–water partition coefficient (Wildman–Crippen LogP) is 2.32. The molecule has 1 amide bonds. The first-order valence-electron chi connectivity index (χ1n) is 8.32. The van der Waals surface area contributed by atoms with E-state index in [2.05, 4.69) is 9.88 Å². The van der Waals surface area contributed by atoms with Gasteiger partial charge >= 0.3 is 0 Å². The zero-order chi connectivity index (χ0) is 15.4. The maximum absolute atomic E-state index is 12.6. The molecule has 120 valence electrons. The fourth-order valence-corrected chi connectivity index (χ4v) is 3.23. The molecule has 1 aromatic heterocycles. The van der Waals surface area contributed by atoms with Crippen LogP contribution in [0.15, 0.2) is 18.3 Å². The predicted molar refractivity (Wildman–Crippen MR) is 86.2 cm³/mol. The second kappa shape index (κ2) is 7.09. The Morgan fingerprint density at radius 2 is 2.18 bits per heavy atom. The van der Waals surface area contributed by atoms with Crippen molar-refractivity contribution in [3.8, 4) is 0 Å². The first-order valence-corrected chi connectivity index (χ1v) is 8.32. The average molecular weight is 303 g/mol. The Balaban J connectivity index is 1.67. The van der Waals surface area contributed by atoms with Gasteiger partial charge in [-0.05, 0) is 44.2 Å². The molecule has 5 nitrogen and oxygen atoms in total. The fourth-order valence-electron chi connectivity index (χ4n) is 3.23. The number of hydrogen-bond donors (Lipinski definition) is 0. The van der Waals surface area contributed by atoms with E-state index in [-0.39, 0.29) is 12.0 Å². The maximum atomic E-state index is 12.6. The number of anilines is 1. The zero-order valence-electron chi connectivity index (χ0n) is 13.3. The number of rotatable bonds is 4. The van der Waals surface area contributed by atoms with E-state index in [4.69, 9.17) is 4.74 Å². The van der Waals surface area contributed by atoms with Crippen molar-refractivity contribution in [2.75, 3.05) is 38.2 Å². The van der Waals surface area contributed by atoms with Gasteiger partial charge in [0.1, 0.15) is 5.82 Å². The van der Waals surface area contributed by atoms with Crippen LogP contribution in [-0.4, -0.2) is 55.2 Å². The summed E-state index contributed by atoms with van der Waals surface area (Å²) in [5, 5.41) is 0. The van der Waals surface area contributed by atoms with Crippen LogP contribution >= 0.6 is 0 Å². The molecule has 2 aliphatic heterocycles. The van der Waals surface area contributed by atoms with Crippen LogP contribution in [0.2, 0.25) is 0 Å². The first kappa shape index (κ1) is 15.3. The number of hydrogen-bond acceptors (Lipinski definition) is 4. The quantitative estimate of drug-likeness (QED) is 0.856. The number of carbonyl (C=O) groups excluding carboxylic acids is 1. The summed E-state index contributed by atoms with van der Waals surface area (Å²) in [6.07, 6.45) is 7.73. The lowest BCUT2D eigenvalue weighted by atomic mass is 10.1. The number of pyridine rings is 1. The molecule has 1 atom stereocenters. The van der Waals surface area contributed by atoms with Gasteiger partial charge in [0.25, 0.3) is 5.91 Å². The van der Waals surface area contributed by atoms with E-state index in [0.29, 0.717) is 0 Å². The Kier molecular flexibility index (Phi) is 4.93. The molecule has 2 aliphatic rings. The molecule has 0 aromatic carbocycles. The lowest BCUT2D eigenvalue weighted by Crippen LogP contribution is -2.36. The number of piperidine rings is 1. The second-order valence-electron chi connectivity index (χ2n) is 6.27. The standard InChI is InChI=1S/C17H25N3O2/c1-19(13-15-6-5-11-22-15)16-12-14(7-8-18-16)17(21)20-9-3-2-4-10-20/h7-8,12,15H,2-6,9-11,13H2,1H3. The summed E-state index contributed by atoms with van der Waals surface area (Å²) in [7, 11) is 2.01. The third-order valence-electron chi connectivity index (χ3n) is 4.53. The molecule has 0 saturated carbocycles. The summed E-state index contributed by atoms with van der Waals surface area (Å²) in [6.45, 7) is 3.44. The Labute approximate surface area is 132 Å². The van der Waals surface area contributed by atoms with Gasteiger partial charge in [0, 0.05) is 45.0 Å². The molecule has 0 aliphatic carbocycles. The van der Waals surface area contributed by atoms with E-state index in [1.165, 1.54) is 6.42 Å². The van der Waals surface area contributed by atoms with Crippen molar-refractivity contribution in [3.63, 3.8) is 0 Å². The van der Waals surface area contributed by atoms with Crippen LogP contribution in [0.1, 0.15) is 42.5 Å². The lowest BCUT2D eigenvalue weighted by molar-refractivity contribution is 0.0724. The lowest BCUT2D eigenvalue weighted by Gasteiger charge is -2.27. The van der Waals surface area contributed by atoms with Crippen molar-refractivity contribution >= 4 is 11.7 Å². The Bertz CT molecular complexity index is 508. The number of carbonyl (C=O) groups is 1. The number of amides is 1. The highest BCUT2D eigenvalue weighted by Crippen LogP contribution is 2.19. The molecule has 0 bridgehead atoms. The van der Waals surface area contributed by atoms with Gasteiger partial charge in [0.05, 0.1) is 6.10 Å². The van der Waals surface area contributed by atoms with Gasteiger partial charge in [0.15, 0.2) is 0 Å². The summed E-state index contributed by atoms with van der Waals surface area (Å²) in [5.74, 6) is 0.979. The number of ether oxygens (including phenoxy) is 1. The van der Waals surface area contributed by atoms with Crippen molar-refractivity contribution in [1.29, 1.82) is 0 Å². The van der Waals surface area contributed by atoms with Gasteiger partial charge in [-0.15, -0.1) is 0 Å². The third-order valence-corrected chi connectivity index (χ3v) is 4.53. The highest BCUT2D eigenvalue weighted by molar-refractivity contribution is 5.94. The summed E-state index contributed by atoms with van der Waals surface area (Å²) in [6, 6.07) is 3.73. The first-order chi connectivity index (χ1) is 10.7. The smallest absolute Gasteiger partial charge is 0.254 e. The van der Waals surface area contributed by atoms with Crippen molar-refractivity contribution in [3.05, 3.63) is 23.9 Å². The third kappa shape index (κ3) is 3.58. The monoisotopic (exact) mass is 303 g/mol. The average Bonchev–Trinajstić information content (AvgIpc) is 3.08. The summed E-state index contributed by atoms with van der Waals surface area (Å²) < 4.78 is 5.67. The molecule has 1 unspecified atom stereocenters. The van der Waals surface area contributed by atoms with Crippen LogP contribution < -0.4 is 4.90 Å². The molecular formula is C17H25N3O2. The molecule has 0 radical (unpaired) electrons. The van der Waals surface area contributed by atoms with Crippen LogP contribution in [0.3, 0.4) is 0 Å². The van der Waals surface area contributed by atoms with E-state index in [9.17, 15) is 4.79 Å². The summed E-state index contributed by atoms with van der Waals surface area (Å²) in [4.78, 5) is 21.0. The minimum Gasteiger partial charge on any atom is -0.376 e. The van der Waals surface area contributed by atoms with Gasteiger partial charge in [-0.1, -0.05) is 0 Å². The Morgan fingerprint density at radius 3 is 2.91 bits per heavy atom. The van der Waals surface area contributed by atoms with E-state index in [0.717, 1.165) is 63.3 Å². The largest absolute Gasteiger partial charge is 0.376 e. The molecule has 2 fully saturated rings. The minimum absolute atomic E-state index is 0.133. The number of nitrogens with zero attached hydrogens (tertiary/aromatic N) is 3. The second-order valence-corrected chi connectivity index (χ2v) is 6.27. The number of likely N-dealkylation sites (N-methyl/N-ethyl adjacent to an activating group) is 1. The van der Waals surface area contributed by atoms with Crippen LogP contribution in [0, 0.1) is 0 Å². The zero-order valence-corrected chi connectivity index (χ0v) is 13.3. The van der Waals surface area contributed by atoms with Crippen molar-refractivity contribution < 1.29 is 9.53 Å². The van der Waals surface area contributed by atoms with Crippen molar-refractivity contribution in [2.45, 2.75) is 38.2 Å². The molecule has 1 aromatic rings. The SMILES string of the molecule is CN(CC1CCCO1)c1cc(C(=O)N2CCCCC2)ccn1. The summed E-state index contributed by atoms with van der Waals surface area (Å²) in [5.41, 5.74) is 0.742. The topological polar surface area (TPSA) is 45.7 Å². The normalized spacial score (nSPS) is 21.9. The maximum Gasteiger partial charge on any atom is 0.254 e.